The second-order valence-electron chi connectivity index (χ2n) is 10.3. The fourth-order valence-electron chi connectivity index (χ4n) is 7.09. The smallest absolute Gasteiger partial charge is 0.204 e. The van der Waals surface area contributed by atoms with Gasteiger partial charge in [0, 0.05) is 35.2 Å². The van der Waals surface area contributed by atoms with E-state index >= 15 is 4.39 Å². The molecule has 0 aromatic heterocycles. The lowest BCUT2D eigenvalue weighted by molar-refractivity contribution is -0.164. The number of fused-ring (bicyclic) bond motifs is 5. The Hall–Kier alpha value is -1.43. The highest BCUT2D eigenvalue weighted by Crippen LogP contribution is 2.70. The summed E-state index contributed by atoms with van der Waals surface area (Å²) in [5.74, 6) is -0.918. The first-order chi connectivity index (χ1) is 15.1. The summed E-state index contributed by atoms with van der Waals surface area (Å²) in [6.45, 7) is 3.71. The molecule has 4 aliphatic carbocycles. The summed E-state index contributed by atoms with van der Waals surface area (Å²) < 4.78 is 29.5. The van der Waals surface area contributed by atoms with Crippen LogP contribution >= 0.6 is 11.6 Å². The summed E-state index contributed by atoms with van der Waals surface area (Å²) in [6.07, 6.45) is 6.73. The molecular formula is C26H28ClFO3S. The minimum absolute atomic E-state index is 0.0284. The zero-order valence-electron chi connectivity index (χ0n) is 18.4. The van der Waals surface area contributed by atoms with Crippen molar-refractivity contribution in [2.24, 2.45) is 22.7 Å². The van der Waals surface area contributed by atoms with Gasteiger partial charge in [0.05, 0.1) is 0 Å². The third-order valence-electron chi connectivity index (χ3n) is 8.92. The number of ketones is 2. The molecule has 5 rings (SSSR count). The van der Waals surface area contributed by atoms with Gasteiger partial charge in [0.2, 0.25) is 4.21 Å². The van der Waals surface area contributed by atoms with Gasteiger partial charge in [0.15, 0.2) is 17.2 Å². The normalized spacial score (nSPS) is 43.8. The van der Waals surface area contributed by atoms with Crippen LogP contribution < -0.4 is 0 Å². The van der Waals surface area contributed by atoms with Crippen molar-refractivity contribution < 1.29 is 18.5 Å². The van der Waals surface area contributed by atoms with E-state index in [-0.39, 0.29) is 18.1 Å². The van der Waals surface area contributed by atoms with Crippen LogP contribution in [0.15, 0.2) is 54.1 Å². The number of hydrogen-bond donors (Lipinski definition) is 0. The molecule has 0 heterocycles. The summed E-state index contributed by atoms with van der Waals surface area (Å²) in [6, 6.07) is 9.58. The van der Waals surface area contributed by atoms with Crippen LogP contribution in [0.25, 0.3) is 0 Å². The van der Waals surface area contributed by atoms with E-state index in [1.807, 2.05) is 37.3 Å². The maximum Gasteiger partial charge on any atom is 0.204 e. The maximum atomic E-state index is 17.0. The van der Waals surface area contributed by atoms with Crippen molar-refractivity contribution in [1.82, 2.24) is 0 Å². The quantitative estimate of drug-likeness (QED) is 0.432. The zero-order chi connectivity index (χ0) is 22.9. The Morgan fingerprint density at radius 2 is 1.88 bits per heavy atom. The van der Waals surface area contributed by atoms with E-state index in [9.17, 15) is 14.1 Å². The van der Waals surface area contributed by atoms with Gasteiger partial charge in [-0.1, -0.05) is 60.5 Å². The van der Waals surface area contributed by atoms with E-state index < -0.39 is 43.6 Å². The summed E-state index contributed by atoms with van der Waals surface area (Å²) in [5.41, 5.74) is -2.26. The summed E-state index contributed by atoms with van der Waals surface area (Å²) in [7, 11) is 0. The Morgan fingerprint density at radius 1 is 1.16 bits per heavy atom. The molecule has 170 valence electrons. The Balaban J connectivity index is 1.51. The third kappa shape index (κ3) is 2.77. The van der Waals surface area contributed by atoms with Crippen molar-refractivity contribution in [2.75, 3.05) is 0 Å². The van der Waals surface area contributed by atoms with Crippen LogP contribution in [0.2, 0.25) is 0 Å². The number of Topliss-reactive ketones (excluding diaryl/α,β-unsaturated/α-hetero) is 1. The molecule has 3 fully saturated rings. The molecular weight excluding hydrogens is 447 g/mol. The fraction of sp³-hybridized carbons (Fsp3) is 0.538. The fourth-order valence-corrected chi connectivity index (χ4v) is 9.38. The molecule has 3 nitrogen and oxygen atoms in total. The first-order valence-corrected chi connectivity index (χ1v) is 13.0. The highest BCUT2D eigenvalue weighted by atomic mass is 35.5. The molecule has 0 spiro atoms. The number of hydrogen-bond acceptors (Lipinski definition) is 3. The van der Waals surface area contributed by atoms with Gasteiger partial charge < -0.3 is 4.55 Å². The van der Waals surface area contributed by atoms with Crippen LogP contribution in [0.3, 0.4) is 0 Å². The molecule has 1 unspecified atom stereocenters. The lowest BCUT2D eigenvalue weighted by Gasteiger charge is -2.59. The predicted molar refractivity (Wildman–Crippen MR) is 124 cm³/mol. The molecule has 7 atom stereocenters. The van der Waals surface area contributed by atoms with Crippen LogP contribution in [-0.4, -0.2) is 26.0 Å². The number of benzene rings is 1. The molecule has 3 saturated carbocycles. The molecule has 1 aromatic rings. The van der Waals surface area contributed by atoms with Gasteiger partial charge in [-0.25, -0.2) is 4.39 Å². The van der Waals surface area contributed by atoms with Crippen molar-refractivity contribution in [2.45, 2.75) is 61.6 Å². The SMILES string of the molecule is C[C@]12C=CC(=O)C=C1CC[C@H]1[C@@H]3CC[C@](Cl)([S+]([O-])Cc4ccccc4)[C@@]3(C)CC(=O)[C@@]12F. The van der Waals surface area contributed by atoms with Crippen molar-refractivity contribution >= 4 is 34.3 Å². The number of allylic oxidation sites excluding steroid dienone is 4. The van der Waals surface area contributed by atoms with Gasteiger partial charge in [0.25, 0.3) is 0 Å². The monoisotopic (exact) mass is 474 g/mol. The van der Waals surface area contributed by atoms with Crippen molar-refractivity contribution in [3.8, 4) is 0 Å². The molecule has 0 N–H and O–H groups in total. The second kappa shape index (κ2) is 7.28. The number of alkyl halides is 2. The van der Waals surface area contributed by atoms with Crippen LogP contribution in [0.5, 0.6) is 0 Å². The van der Waals surface area contributed by atoms with Crippen molar-refractivity contribution in [1.29, 1.82) is 0 Å². The number of halogens is 2. The third-order valence-corrected chi connectivity index (χ3v) is 12.0. The Bertz CT molecular complexity index is 1040. The first kappa shape index (κ1) is 22.4. The van der Waals surface area contributed by atoms with Crippen LogP contribution in [0, 0.1) is 22.7 Å². The molecule has 1 aromatic carbocycles. The summed E-state index contributed by atoms with van der Waals surface area (Å²) in [5, 5.41) is 0. The predicted octanol–water partition coefficient (Wildman–Crippen LogP) is 5.45. The molecule has 4 aliphatic rings. The highest BCUT2D eigenvalue weighted by molar-refractivity contribution is 7.93. The van der Waals surface area contributed by atoms with Crippen LogP contribution in [-0.2, 0) is 26.5 Å². The average Bonchev–Trinajstić information content (AvgIpc) is 3.02. The molecule has 0 bridgehead atoms. The minimum atomic E-state index is -2.07. The van der Waals surface area contributed by atoms with Crippen LogP contribution in [0.4, 0.5) is 4.39 Å². The van der Waals surface area contributed by atoms with E-state index in [0.717, 1.165) is 5.56 Å². The van der Waals surface area contributed by atoms with E-state index in [2.05, 4.69) is 0 Å². The van der Waals surface area contributed by atoms with Gasteiger partial charge in [-0.2, -0.15) is 0 Å². The minimum Gasteiger partial charge on any atom is -0.615 e. The highest BCUT2D eigenvalue weighted by Gasteiger charge is 2.75. The van der Waals surface area contributed by atoms with E-state index in [0.29, 0.717) is 37.0 Å². The van der Waals surface area contributed by atoms with Crippen molar-refractivity contribution in [3.05, 3.63) is 59.7 Å². The number of rotatable bonds is 3. The first-order valence-electron chi connectivity index (χ1n) is 11.3. The van der Waals surface area contributed by atoms with E-state index in [1.165, 1.54) is 12.2 Å². The van der Waals surface area contributed by atoms with Gasteiger partial charge in [0.1, 0.15) is 5.75 Å². The van der Waals surface area contributed by atoms with Crippen molar-refractivity contribution in [3.63, 3.8) is 0 Å². The molecule has 0 radical (unpaired) electrons. The molecule has 0 saturated heterocycles. The lowest BCUT2D eigenvalue weighted by atomic mass is 9.46. The zero-order valence-corrected chi connectivity index (χ0v) is 20.0. The largest absolute Gasteiger partial charge is 0.615 e. The molecule has 0 amide bonds. The molecule has 0 aliphatic heterocycles. The second-order valence-corrected chi connectivity index (χ2v) is 12.9. The number of carbonyl (C=O) groups excluding carboxylic acids is 2. The topological polar surface area (TPSA) is 57.2 Å². The molecule has 6 heteroatoms. The van der Waals surface area contributed by atoms with Crippen LogP contribution in [0.1, 0.15) is 51.5 Å². The van der Waals surface area contributed by atoms with Gasteiger partial charge in [-0.05, 0) is 55.4 Å². The lowest BCUT2D eigenvalue weighted by Crippen LogP contribution is -2.66. The van der Waals surface area contributed by atoms with Gasteiger partial charge in [-0.15, -0.1) is 0 Å². The Kier molecular flexibility index (Phi) is 5.09. The maximum absolute atomic E-state index is 17.0. The summed E-state index contributed by atoms with van der Waals surface area (Å²) in [4.78, 5) is 25.6. The summed E-state index contributed by atoms with van der Waals surface area (Å²) >= 11 is 5.76. The van der Waals surface area contributed by atoms with Gasteiger partial charge >= 0.3 is 0 Å². The average molecular weight is 475 g/mol. The Morgan fingerprint density at radius 3 is 2.59 bits per heavy atom. The van der Waals surface area contributed by atoms with E-state index in [4.69, 9.17) is 11.6 Å². The standard InChI is InChI=1S/C26H28ClFO3S/c1-23-12-10-19(29)14-18(23)8-9-21-20-11-13-25(27,24(20,2)15-22(30)26(21,23)28)32(31)16-17-6-4-3-5-7-17/h3-7,10,12,14,20-21H,8-9,11,13,15-16H2,1-2H3/t20-,21-,23-,24-,25-,26-,32?/m0/s1. The number of carbonyl (C=O) groups is 2. The van der Waals surface area contributed by atoms with Gasteiger partial charge in [-0.3, -0.25) is 9.59 Å². The van der Waals surface area contributed by atoms with E-state index in [1.54, 1.807) is 13.0 Å². The Labute approximate surface area is 196 Å². The molecule has 32 heavy (non-hydrogen) atoms.